The molecule has 1 aromatic heterocycles. The van der Waals surface area contributed by atoms with Gasteiger partial charge in [-0.1, -0.05) is 30.3 Å². The molecule has 0 N–H and O–H groups in total. The molecule has 2 atom stereocenters. The lowest BCUT2D eigenvalue weighted by Crippen LogP contribution is -2.67. The van der Waals surface area contributed by atoms with E-state index in [0.717, 1.165) is 26.1 Å². The summed E-state index contributed by atoms with van der Waals surface area (Å²) in [5.41, 5.74) is 2.05. The Balaban J connectivity index is 1.48. The van der Waals surface area contributed by atoms with Crippen LogP contribution in [-0.2, 0) is 29.7 Å². The number of hydrogen-bond donors (Lipinski definition) is 0. The molecule has 2 aromatic rings. The van der Waals surface area contributed by atoms with Gasteiger partial charge in [-0.2, -0.15) is 5.10 Å². The summed E-state index contributed by atoms with van der Waals surface area (Å²) in [5.74, 6) is 0.0945. The number of morpholine rings is 1. The number of aromatic nitrogens is 2. The zero-order chi connectivity index (χ0) is 18.1. The van der Waals surface area contributed by atoms with Crippen LogP contribution >= 0.6 is 0 Å². The van der Waals surface area contributed by atoms with E-state index in [1.807, 2.05) is 41.0 Å². The fourth-order valence-corrected chi connectivity index (χ4v) is 4.27. The third kappa shape index (κ3) is 3.39. The lowest BCUT2D eigenvalue weighted by Gasteiger charge is -2.53. The number of piperidine rings is 1. The Morgan fingerprint density at radius 1 is 1.23 bits per heavy atom. The molecule has 26 heavy (non-hydrogen) atoms. The van der Waals surface area contributed by atoms with Gasteiger partial charge in [-0.15, -0.1) is 0 Å². The molecule has 6 heteroatoms. The normalized spacial score (nSPS) is 26.8. The Labute approximate surface area is 154 Å². The van der Waals surface area contributed by atoms with Crippen molar-refractivity contribution < 1.29 is 9.53 Å². The van der Waals surface area contributed by atoms with Gasteiger partial charge in [0.1, 0.15) is 6.61 Å². The van der Waals surface area contributed by atoms with Gasteiger partial charge >= 0.3 is 0 Å². The monoisotopic (exact) mass is 354 g/mol. The van der Waals surface area contributed by atoms with Crippen molar-refractivity contribution >= 4 is 5.91 Å². The second-order valence-electron chi connectivity index (χ2n) is 7.65. The molecular formula is C20H26N4O2. The van der Waals surface area contributed by atoms with Crippen LogP contribution in [0.3, 0.4) is 0 Å². The van der Waals surface area contributed by atoms with E-state index in [9.17, 15) is 4.79 Å². The quantitative estimate of drug-likeness (QED) is 0.840. The predicted octanol–water partition coefficient (Wildman–Crippen LogP) is 1.81. The summed E-state index contributed by atoms with van der Waals surface area (Å²) < 4.78 is 7.90. The van der Waals surface area contributed by atoms with Crippen molar-refractivity contribution in [3.8, 4) is 0 Å². The third-order valence-electron chi connectivity index (χ3n) is 5.54. The number of rotatable bonds is 4. The largest absolute Gasteiger partial charge is 0.362 e. The van der Waals surface area contributed by atoms with E-state index in [-0.39, 0.29) is 24.2 Å². The molecule has 2 saturated heterocycles. The van der Waals surface area contributed by atoms with Crippen molar-refractivity contribution in [2.24, 2.45) is 7.05 Å². The number of aryl methyl sites for hydroxylation is 1. The first-order valence-electron chi connectivity index (χ1n) is 9.21. The van der Waals surface area contributed by atoms with Crippen molar-refractivity contribution in [3.05, 3.63) is 53.9 Å². The van der Waals surface area contributed by atoms with E-state index in [2.05, 4.69) is 35.3 Å². The van der Waals surface area contributed by atoms with Gasteiger partial charge in [0.15, 0.2) is 0 Å². The van der Waals surface area contributed by atoms with Crippen LogP contribution < -0.4 is 0 Å². The molecule has 1 amide bonds. The number of ether oxygens (including phenoxy) is 1. The van der Waals surface area contributed by atoms with Crippen LogP contribution in [0.5, 0.6) is 0 Å². The molecule has 0 saturated carbocycles. The molecule has 3 heterocycles. The minimum Gasteiger partial charge on any atom is -0.362 e. The molecule has 1 aromatic carbocycles. The van der Waals surface area contributed by atoms with Crippen molar-refractivity contribution in [3.63, 3.8) is 0 Å². The summed E-state index contributed by atoms with van der Waals surface area (Å²) in [5, 5.41) is 4.26. The fourth-order valence-electron chi connectivity index (χ4n) is 4.27. The maximum Gasteiger partial charge on any atom is 0.249 e. The summed E-state index contributed by atoms with van der Waals surface area (Å²) in [6, 6.07) is 10.3. The standard InChI is InChI=1S/C20H26N4O2/c1-20-15-23(12-17-10-21-22(2)11-17)9-8-18(20)24(19(25)14-26-20)13-16-6-4-3-5-7-16/h3-7,10-11,18H,8-9,12-15H2,1-2H3/t18-,20-/m1/s1. The molecule has 2 aliphatic heterocycles. The lowest BCUT2D eigenvalue weighted by atomic mass is 9.85. The van der Waals surface area contributed by atoms with E-state index < -0.39 is 0 Å². The van der Waals surface area contributed by atoms with Gasteiger partial charge in [0.05, 0.1) is 17.8 Å². The Kier molecular flexibility index (Phi) is 4.54. The highest BCUT2D eigenvalue weighted by Gasteiger charge is 2.48. The first-order chi connectivity index (χ1) is 12.5. The van der Waals surface area contributed by atoms with Gasteiger partial charge in [-0.05, 0) is 18.9 Å². The van der Waals surface area contributed by atoms with Crippen molar-refractivity contribution in [1.29, 1.82) is 0 Å². The van der Waals surface area contributed by atoms with E-state index in [1.165, 1.54) is 11.1 Å². The number of benzene rings is 1. The molecule has 2 fully saturated rings. The third-order valence-corrected chi connectivity index (χ3v) is 5.54. The Morgan fingerprint density at radius 3 is 2.77 bits per heavy atom. The van der Waals surface area contributed by atoms with Crippen molar-refractivity contribution in [1.82, 2.24) is 19.6 Å². The zero-order valence-electron chi connectivity index (χ0n) is 15.5. The van der Waals surface area contributed by atoms with Gasteiger partial charge < -0.3 is 9.64 Å². The molecule has 0 spiro atoms. The zero-order valence-corrected chi connectivity index (χ0v) is 15.5. The van der Waals surface area contributed by atoms with Crippen molar-refractivity contribution in [2.75, 3.05) is 19.7 Å². The predicted molar refractivity (Wildman–Crippen MR) is 98.2 cm³/mol. The van der Waals surface area contributed by atoms with Gasteiger partial charge in [0, 0.05) is 45.0 Å². The van der Waals surface area contributed by atoms with Crippen LogP contribution in [0, 0.1) is 0 Å². The molecule has 0 unspecified atom stereocenters. The lowest BCUT2D eigenvalue weighted by molar-refractivity contribution is -0.189. The number of hydrogen-bond acceptors (Lipinski definition) is 4. The number of carbonyl (C=O) groups is 1. The van der Waals surface area contributed by atoms with Gasteiger partial charge in [0.2, 0.25) is 5.91 Å². The van der Waals surface area contributed by atoms with Crippen LogP contribution in [0.2, 0.25) is 0 Å². The van der Waals surface area contributed by atoms with E-state index in [4.69, 9.17) is 4.74 Å². The van der Waals surface area contributed by atoms with Crippen LogP contribution in [0.25, 0.3) is 0 Å². The molecule has 4 rings (SSSR count). The first-order valence-corrected chi connectivity index (χ1v) is 9.21. The summed E-state index contributed by atoms with van der Waals surface area (Å²) >= 11 is 0. The summed E-state index contributed by atoms with van der Waals surface area (Å²) in [4.78, 5) is 17.0. The summed E-state index contributed by atoms with van der Waals surface area (Å²) in [6.45, 7) is 5.62. The van der Waals surface area contributed by atoms with E-state index in [0.29, 0.717) is 6.54 Å². The van der Waals surface area contributed by atoms with E-state index in [1.54, 1.807) is 0 Å². The summed E-state index contributed by atoms with van der Waals surface area (Å²) in [7, 11) is 1.94. The SMILES string of the molecule is Cn1cc(CN2CC[C@H]3N(Cc4ccccc4)C(=O)CO[C@]3(C)C2)cn1. The van der Waals surface area contributed by atoms with Crippen LogP contribution in [-0.4, -0.2) is 56.8 Å². The highest BCUT2D eigenvalue weighted by Crippen LogP contribution is 2.34. The minimum atomic E-state index is -0.330. The number of fused-ring (bicyclic) bond motifs is 1. The van der Waals surface area contributed by atoms with Crippen LogP contribution in [0.1, 0.15) is 24.5 Å². The topological polar surface area (TPSA) is 50.6 Å². The maximum absolute atomic E-state index is 12.5. The maximum atomic E-state index is 12.5. The van der Waals surface area contributed by atoms with Gasteiger partial charge in [-0.25, -0.2) is 0 Å². The number of carbonyl (C=O) groups excluding carboxylic acids is 1. The molecule has 138 valence electrons. The Morgan fingerprint density at radius 2 is 2.04 bits per heavy atom. The average Bonchev–Trinajstić information content (AvgIpc) is 3.03. The highest BCUT2D eigenvalue weighted by molar-refractivity contribution is 5.79. The molecule has 6 nitrogen and oxygen atoms in total. The first kappa shape index (κ1) is 17.2. The van der Waals surface area contributed by atoms with Crippen LogP contribution in [0.4, 0.5) is 0 Å². The highest BCUT2D eigenvalue weighted by atomic mass is 16.5. The van der Waals surface area contributed by atoms with Crippen LogP contribution in [0.15, 0.2) is 42.7 Å². The minimum absolute atomic E-state index is 0.0945. The molecule has 0 aliphatic carbocycles. The smallest absolute Gasteiger partial charge is 0.249 e. The van der Waals surface area contributed by atoms with Gasteiger partial charge in [-0.3, -0.25) is 14.4 Å². The second-order valence-corrected chi connectivity index (χ2v) is 7.65. The number of likely N-dealkylation sites (tertiary alicyclic amines) is 1. The van der Waals surface area contributed by atoms with Gasteiger partial charge in [0.25, 0.3) is 0 Å². The van der Waals surface area contributed by atoms with Crippen molar-refractivity contribution in [2.45, 2.75) is 38.1 Å². The number of amides is 1. The average molecular weight is 354 g/mol. The van der Waals surface area contributed by atoms with E-state index >= 15 is 0 Å². The molecular weight excluding hydrogens is 328 g/mol. The molecule has 0 bridgehead atoms. The molecule has 2 aliphatic rings. The Bertz CT molecular complexity index is 775. The number of nitrogens with zero attached hydrogens (tertiary/aromatic N) is 4. The molecule has 0 radical (unpaired) electrons. The summed E-state index contributed by atoms with van der Waals surface area (Å²) in [6.07, 6.45) is 4.90. The second kappa shape index (κ2) is 6.85. The fraction of sp³-hybridized carbons (Fsp3) is 0.500. The Hall–Kier alpha value is -2.18.